The molecule has 1 aliphatic heterocycles. The Morgan fingerprint density at radius 2 is 1.83 bits per heavy atom. The van der Waals surface area contributed by atoms with E-state index in [0.717, 1.165) is 32.3 Å². The molecule has 104 valence electrons. The lowest BCUT2D eigenvalue weighted by Gasteiger charge is -2.49. The van der Waals surface area contributed by atoms with E-state index in [-0.39, 0.29) is 11.1 Å². The van der Waals surface area contributed by atoms with Crippen molar-refractivity contribution in [3.05, 3.63) is 0 Å². The molecule has 3 rings (SSSR count). The van der Waals surface area contributed by atoms with Crippen LogP contribution in [0, 0.1) is 0 Å². The van der Waals surface area contributed by atoms with Gasteiger partial charge in [0.15, 0.2) is 0 Å². The van der Waals surface area contributed by atoms with Gasteiger partial charge in [-0.15, -0.1) is 0 Å². The number of aliphatic hydroxyl groups is 1. The average molecular weight is 253 g/mol. The monoisotopic (exact) mass is 253 g/mol. The molecular weight excluding hydrogens is 226 g/mol. The van der Waals surface area contributed by atoms with Gasteiger partial charge in [-0.05, 0) is 44.9 Å². The maximum Gasteiger partial charge on any atom is 0.0697 e. The van der Waals surface area contributed by atoms with E-state index in [2.05, 4.69) is 5.32 Å². The topological polar surface area (TPSA) is 41.5 Å². The summed E-state index contributed by atoms with van der Waals surface area (Å²) in [7, 11) is 0. The van der Waals surface area contributed by atoms with Crippen LogP contribution in [0.5, 0.6) is 0 Å². The van der Waals surface area contributed by atoms with E-state index in [1.807, 2.05) is 0 Å². The van der Waals surface area contributed by atoms with Crippen molar-refractivity contribution in [3.8, 4) is 0 Å². The van der Waals surface area contributed by atoms with Gasteiger partial charge < -0.3 is 15.2 Å². The lowest BCUT2D eigenvalue weighted by molar-refractivity contribution is -0.114. The Morgan fingerprint density at radius 1 is 1.06 bits per heavy atom. The Hall–Kier alpha value is -0.120. The minimum absolute atomic E-state index is 0.0534. The SMILES string of the molecule is OCC1(NC2CCOC3(CCCCC3)C2)CCC1. The van der Waals surface area contributed by atoms with Crippen LogP contribution in [-0.4, -0.2) is 35.5 Å². The summed E-state index contributed by atoms with van der Waals surface area (Å²) >= 11 is 0. The first-order chi connectivity index (χ1) is 8.76. The quantitative estimate of drug-likeness (QED) is 0.811. The van der Waals surface area contributed by atoms with Crippen molar-refractivity contribution >= 4 is 0 Å². The fourth-order valence-corrected chi connectivity index (χ4v) is 4.08. The fraction of sp³-hybridized carbons (Fsp3) is 1.00. The summed E-state index contributed by atoms with van der Waals surface area (Å²) in [5.41, 5.74) is 0.229. The van der Waals surface area contributed by atoms with Gasteiger partial charge in [0.1, 0.15) is 0 Å². The van der Waals surface area contributed by atoms with Crippen LogP contribution in [0.25, 0.3) is 0 Å². The van der Waals surface area contributed by atoms with Gasteiger partial charge in [-0.2, -0.15) is 0 Å². The Kier molecular flexibility index (Phi) is 3.65. The molecule has 18 heavy (non-hydrogen) atoms. The fourth-order valence-electron chi connectivity index (χ4n) is 4.08. The number of aliphatic hydroxyl groups excluding tert-OH is 1. The van der Waals surface area contributed by atoms with Gasteiger partial charge in [0.05, 0.1) is 12.2 Å². The van der Waals surface area contributed by atoms with Crippen LogP contribution in [0.4, 0.5) is 0 Å². The van der Waals surface area contributed by atoms with Crippen molar-refractivity contribution in [1.82, 2.24) is 5.32 Å². The Labute approximate surface area is 110 Å². The molecule has 2 N–H and O–H groups in total. The van der Waals surface area contributed by atoms with Crippen LogP contribution < -0.4 is 5.32 Å². The second-order valence-electron chi connectivity index (χ2n) is 6.72. The highest BCUT2D eigenvalue weighted by atomic mass is 16.5. The summed E-state index contributed by atoms with van der Waals surface area (Å²) < 4.78 is 6.13. The zero-order chi connectivity index (χ0) is 12.5. The largest absolute Gasteiger partial charge is 0.394 e. The summed E-state index contributed by atoms with van der Waals surface area (Å²) in [6, 6.07) is 0.560. The third-order valence-electron chi connectivity index (χ3n) is 5.38. The van der Waals surface area contributed by atoms with Crippen LogP contribution in [0.2, 0.25) is 0 Å². The molecule has 0 aromatic carbocycles. The van der Waals surface area contributed by atoms with Crippen LogP contribution in [0.15, 0.2) is 0 Å². The van der Waals surface area contributed by atoms with Gasteiger partial charge in [-0.1, -0.05) is 19.3 Å². The van der Waals surface area contributed by atoms with Crippen molar-refractivity contribution in [3.63, 3.8) is 0 Å². The molecule has 0 amide bonds. The van der Waals surface area contributed by atoms with E-state index in [0.29, 0.717) is 12.6 Å². The summed E-state index contributed by atoms with van der Waals surface area (Å²) in [4.78, 5) is 0. The van der Waals surface area contributed by atoms with Crippen LogP contribution >= 0.6 is 0 Å². The summed E-state index contributed by atoms with van der Waals surface area (Å²) in [6.07, 6.45) is 12.4. The minimum atomic E-state index is 0.0534. The predicted octanol–water partition coefficient (Wildman–Crippen LogP) is 2.37. The molecule has 3 fully saturated rings. The lowest BCUT2D eigenvalue weighted by atomic mass is 9.74. The van der Waals surface area contributed by atoms with E-state index in [1.54, 1.807) is 0 Å². The van der Waals surface area contributed by atoms with Crippen molar-refractivity contribution in [2.24, 2.45) is 0 Å². The maximum atomic E-state index is 9.58. The summed E-state index contributed by atoms with van der Waals surface area (Å²) in [5, 5.41) is 13.3. The molecule has 2 aliphatic carbocycles. The van der Waals surface area contributed by atoms with Crippen LogP contribution in [-0.2, 0) is 4.74 Å². The number of hydrogen-bond acceptors (Lipinski definition) is 3. The third-order valence-corrected chi connectivity index (χ3v) is 5.38. The lowest BCUT2D eigenvalue weighted by Crippen LogP contribution is -2.60. The molecule has 1 spiro atoms. The molecule has 3 heteroatoms. The zero-order valence-electron chi connectivity index (χ0n) is 11.4. The Morgan fingerprint density at radius 3 is 2.44 bits per heavy atom. The highest BCUT2D eigenvalue weighted by molar-refractivity contribution is 5.00. The van der Waals surface area contributed by atoms with E-state index in [4.69, 9.17) is 4.74 Å². The molecule has 0 aromatic rings. The number of ether oxygens (including phenoxy) is 1. The number of rotatable bonds is 3. The molecule has 1 heterocycles. The second kappa shape index (κ2) is 5.10. The highest BCUT2D eigenvalue weighted by Gasteiger charge is 2.43. The van der Waals surface area contributed by atoms with Crippen molar-refractivity contribution < 1.29 is 9.84 Å². The number of hydrogen-bond donors (Lipinski definition) is 2. The number of nitrogens with one attached hydrogen (secondary N) is 1. The van der Waals surface area contributed by atoms with Crippen LogP contribution in [0.1, 0.15) is 64.2 Å². The van der Waals surface area contributed by atoms with E-state index >= 15 is 0 Å². The normalized spacial score (nSPS) is 34.2. The Bertz CT molecular complexity index is 271. The zero-order valence-corrected chi connectivity index (χ0v) is 11.4. The Balaban J connectivity index is 1.59. The highest BCUT2D eigenvalue weighted by Crippen LogP contribution is 2.40. The molecule has 2 saturated carbocycles. The van der Waals surface area contributed by atoms with Gasteiger partial charge >= 0.3 is 0 Å². The van der Waals surface area contributed by atoms with Gasteiger partial charge in [-0.3, -0.25) is 0 Å². The summed E-state index contributed by atoms with van der Waals surface area (Å²) in [5.74, 6) is 0. The van der Waals surface area contributed by atoms with Crippen molar-refractivity contribution in [1.29, 1.82) is 0 Å². The van der Waals surface area contributed by atoms with E-state index in [1.165, 1.54) is 38.5 Å². The first-order valence-electron chi connectivity index (χ1n) is 7.79. The average Bonchev–Trinajstić information content (AvgIpc) is 2.35. The molecule has 1 unspecified atom stereocenters. The summed E-state index contributed by atoms with van der Waals surface area (Å²) in [6.45, 7) is 1.20. The minimum Gasteiger partial charge on any atom is -0.394 e. The van der Waals surface area contributed by atoms with Gasteiger partial charge in [0, 0.05) is 18.2 Å². The van der Waals surface area contributed by atoms with E-state index < -0.39 is 0 Å². The predicted molar refractivity (Wildman–Crippen MR) is 71.6 cm³/mol. The molecule has 0 aromatic heterocycles. The van der Waals surface area contributed by atoms with E-state index in [9.17, 15) is 5.11 Å². The third kappa shape index (κ3) is 2.45. The molecular formula is C15H27NO2. The maximum absolute atomic E-state index is 9.58. The first kappa shape index (κ1) is 12.9. The molecule has 0 radical (unpaired) electrons. The molecule has 3 nitrogen and oxygen atoms in total. The van der Waals surface area contributed by atoms with Gasteiger partial charge in [-0.25, -0.2) is 0 Å². The van der Waals surface area contributed by atoms with Crippen LogP contribution in [0.3, 0.4) is 0 Å². The van der Waals surface area contributed by atoms with Crippen molar-refractivity contribution in [2.45, 2.75) is 81.4 Å². The molecule has 3 aliphatic rings. The van der Waals surface area contributed by atoms with Gasteiger partial charge in [0.2, 0.25) is 0 Å². The first-order valence-corrected chi connectivity index (χ1v) is 7.79. The molecule has 1 atom stereocenters. The van der Waals surface area contributed by atoms with Crippen molar-refractivity contribution in [2.75, 3.05) is 13.2 Å². The smallest absolute Gasteiger partial charge is 0.0697 e. The standard InChI is InChI=1S/C15H27NO2/c17-12-14(6-4-7-14)16-13-5-10-18-15(11-13)8-2-1-3-9-15/h13,16-17H,1-12H2. The van der Waals surface area contributed by atoms with Gasteiger partial charge in [0.25, 0.3) is 0 Å². The molecule has 1 saturated heterocycles. The molecule has 0 bridgehead atoms. The second-order valence-corrected chi connectivity index (χ2v) is 6.72.